The monoisotopic (exact) mass is 399 g/mol. The fourth-order valence-corrected chi connectivity index (χ4v) is 3.27. The number of amides is 2. The molecule has 0 radical (unpaired) electrons. The van der Waals surface area contributed by atoms with E-state index in [0.29, 0.717) is 5.56 Å². The van der Waals surface area contributed by atoms with Gasteiger partial charge in [0.25, 0.3) is 11.8 Å². The van der Waals surface area contributed by atoms with Crippen molar-refractivity contribution in [1.29, 1.82) is 0 Å². The molecule has 0 aliphatic carbocycles. The van der Waals surface area contributed by atoms with Crippen molar-refractivity contribution in [3.63, 3.8) is 0 Å². The third-order valence-electron chi connectivity index (χ3n) is 4.84. The zero-order valence-corrected chi connectivity index (χ0v) is 15.9. The van der Waals surface area contributed by atoms with Gasteiger partial charge >= 0.3 is 5.97 Å². The molecule has 6 nitrogen and oxygen atoms in total. The number of rotatable bonds is 6. The highest BCUT2D eigenvalue weighted by atomic mass is 16.5. The summed E-state index contributed by atoms with van der Waals surface area (Å²) in [6.07, 6.45) is 0. The number of benzene rings is 3. The van der Waals surface area contributed by atoms with E-state index in [0.717, 1.165) is 16.0 Å². The van der Waals surface area contributed by atoms with Gasteiger partial charge in [-0.05, 0) is 23.3 Å². The largest absolute Gasteiger partial charge is 0.456 e. The Hall–Kier alpha value is -4.06. The first-order valence-corrected chi connectivity index (χ1v) is 9.34. The summed E-state index contributed by atoms with van der Waals surface area (Å²) in [5.41, 5.74) is 2.91. The van der Waals surface area contributed by atoms with Crippen LogP contribution in [-0.4, -0.2) is 41.6 Å². The molecule has 0 fully saturated rings. The van der Waals surface area contributed by atoms with Crippen LogP contribution in [0.5, 0.6) is 0 Å². The van der Waals surface area contributed by atoms with E-state index in [1.807, 2.05) is 42.5 Å². The summed E-state index contributed by atoms with van der Waals surface area (Å²) in [5, 5.41) is 0. The van der Waals surface area contributed by atoms with Crippen molar-refractivity contribution >= 4 is 23.6 Å². The first kappa shape index (κ1) is 19.3. The summed E-state index contributed by atoms with van der Waals surface area (Å²) in [4.78, 5) is 49.8. The van der Waals surface area contributed by atoms with E-state index in [9.17, 15) is 19.2 Å². The molecule has 4 rings (SSSR count). The van der Waals surface area contributed by atoms with Gasteiger partial charge in [0.05, 0.1) is 11.1 Å². The number of ketones is 1. The molecule has 0 bridgehead atoms. The Kier molecular flexibility index (Phi) is 5.22. The summed E-state index contributed by atoms with van der Waals surface area (Å²) >= 11 is 0. The van der Waals surface area contributed by atoms with E-state index in [2.05, 4.69) is 0 Å². The summed E-state index contributed by atoms with van der Waals surface area (Å²) < 4.78 is 5.00. The fraction of sp³-hybridized carbons (Fsp3) is 0.0833. The molecule has 0 saturated carbocycles. The Balaban J connectivity index is 1.34. The fourth-order valence-electron chi connectivity index (χ4n) is 3.27. The van der Waals surface area contributed by atoms with Gasteiger partial charge in [-0.1, -0.05) is 66.7 Å². The number of esters is 1. The maximum Gasteiger partial charge on any atom is 0.326 e. The molecule has 6 heteroatoms. The van der Waals surface area contributed by atoms with Crippen molar-refractivity contribution in [3.05, 3.63) is 95.6 Å². The molecule has 0 atom stereocenters. The molecular weight excluding hydrogens is 382 g/mol. The van der Waals surface area contributed by atoms with Crippen LogP contribution >= 0.6 is 0 Å². The molecular formula is C24H17NO5. The van der Waals surface area contributed by atoms with E-state index < -0.39 is 30.9 Å². The SMILES string of the molecule is O=C(CN1C(=O)c2ccccc2C1=O)OCC(=O)c1ccc(-c2ccccc2)cc1. The number of nitrogens with zero attached hydrogens (tertiary/aromatic N) is 1. The van der Waals surface area contributed by atoms with Crippen LogP contribution in [0.25, 0.3) is 11.1 Å². The maximum atomic E-state index is 12.3. The molecule has 148 valence electrons. The number of hydrogen-bond acceptors (Lipinski definition) is 5. The Morgan fingerprint density at radius 1 is 0.700 bits per heavy atom. The van der Waals surface area contributed by atoms with Crippen LogP contribution in [0.2, 0.25) is 0 Å². The standard InChI is InChI=1S/C24H17NO5/c26-21(18-12-10-17(11-13-18)16-6-2-1-3-7-16)15-30-22(27)14-25-23(28)19-8-4-5-9-20(19)24(25)29/h1-13H,14-15H2. The van der Waals surface area contributed by atoms with Crippen LogP contribution in [-0.2, 0) is 9.53 Å². The van der Waals surface area contributed by atoms with E-state index in [4.69, 9.17) is 4.74 Å². The third-order valence-corrected chi connectivity index (χ3v) is 4.84. The maximum absolute atomic E-state index is 12.3. The second kappa shape index (κ2) is 8.13. The van der Waals surface area contributed by atoms with Gasteiger partial charge in [0, 0.05) is 5.56 Å². The van der Waals surface area contributed by atoms with E-state index in [1.165, 1.54) is 12.1 Å². The van der Waals surface area contributed by atoms with E-state index in [-0.39, 0.29) is 16.9 Å². The van der Waals surface area contributed by atoms with Gasteiger partial charge in [-0.2, -0.15) is 0 Å². The minimum atomic E-state index is -0.821. The zero-order chi connectivity index (χ0) is 21.1. The first-order chi connectivity index (χ1) is 14.5. The second-order valence-electron chi connectivity index (χ2n) is 6.77. The van der Waals surface area contributed by atoms with Crippen molar-refractivity contribution in [1.82, 2.24) is 4.90 Å². The van der Waals surface area contributed by atoms with Crippen LogP contribution in [0.15, 0.2) is 78.9 Å². The topological polar surface area (TPSA) is 80.8 Å². The molecule has 30 heavy (non-hydrogen) atoms. The quantitative estimate of drug-likeness (QED) is 0.361. The minimum Gasteiger partial charge on any atom is -0.456 e. The van der Waals surface area contributed by atoms with Gasteiger partial charge in [-0.3, -0.25) is 24.1 Å². The van der Waals surface area contributed by atoms with Crippen molar-refractivity contribution < 1.29 is 23.9 Å². The summed E-state index contributed by atoms with van der Waals surface area (Å²) in [6.45, 7) is -1.00. The number of carbonyl (C=O) groups is 4. The lowest BCUT2D eigenvalue weighted by Crippen LogP contribution is -2.36. The normalized spacial score (nSPS) is 12.6. The number of fused-ring (bicyclic) bond motifs is 1. The highest BCUT2D eigenvalue weighted by Crippen LogP contribution is 2.22. The van der Waals surface area contributed by atoms with Crippen molar-refractivity contribution in [2.24, 2.45) is 0 Å². The predicted octanol–water partition coefficient (Wildman–Crippen LogP) is 3.38. The molecule has 2 amide bonds. The lowest BCUT2D eigenvalue weighted by molar-refractivity contribution is -0.142. The molecule has 0 aromatic heterocycles. The Morgan fingerprint density at radius 2 is 1.23 bits per heavy atom. The smallest absolute Gasteiger partial charge is 0.326 e. The summed E-state index contributed by atoms with van der Waals surface area (Å²) in [5.74, 6) is -2.28. The molecule has 1 aliphatic heterocycles. The number of Topliss-reactive ketones (excluding diaryl/α,β-unsaturated/α-hetero) is 1. The van der Waals surface area contributed by atoms with Gasteiger partial charge < -0.3 is 4.74 Å². The van der Waals surface area contributed by atoms with Gasteiger partial charge in [0.1, 0.15) is 6.54 Å². The highest BCUT2D eigenvalue weighted by Gasteiger charge is 2.36. The van der Waals surface area contributed by atoms with Crippen molar-refractivity contribution in [2.75, 3.05) is 13.2 Å². The Morgan fingerprint density at radius 3 is 1.83 bits per heavy atom. The van der Waals surface area contributed by atoms with Crippen LogP contribution in [0.4, 0.5) is 0 Å². The van der Waals surface area contributed by atoms with Crippen molar-refractivity contribution in [3.8, 4) is 11.1 Å². The number of hydrogen-bond donors (Lipinski definition) is 0. The Labute approximate surface area is 172 Å². The molecule has 3 aromatic carbocycles. The molecule has 0 N–H and O–H groups in total. The average Bonchev–Trinajstić information content (AvgIpc) is 3.03. The summed E-state index contributed by atoms with van der Waals surface area (Å²) in [7, 11) is 0. The van der Waals surface area contributed by atoms with Gasteiger partial charge in [-0.25, -0.2) is 0 Å². The van der Waals surface area contributed by atoms with Gasteiger partial charge in [0.15, 0.2) is 12.4 Å². The van der Waals surface area contributed by atoms with Crippen LogP contribution < -0.4 is 0 Å². The lowest BCUT2D eigenvalue weighted by atomic mass is 10.0. The second-order valence-corrected chi connectivity index (χ2v) is 6.77. The third kappa shape index (κ3) is 3.75. The zero-order valence-electron chi connectivity index (χ0n) is 15.9. The average molecular weight is 399 g/mol. The lowest BCUT2D eigenvalue weighted by Gasteiger charge is -2.12. The van der Waals surface area contributed by atoms with Gasteiger partial charge in [0.2, 0.25) is 0 Å². The minimum absolute atomic E-state index is 0.255. The molecule has 0 saturated heterocycles. The van der Waals surface area contributed by atoms with Crippen LogP contribution in [0, 0.1) is 0 Å². The van der Waals surface area contributed by atoms with Gasteiger partial charge in [-0.15, -0.1) is 0 Å². The molecule has 0 unspecified atom stereocenters. The number of ether oxygens (including phenoxy) is 1. The van der Waals surface area contributed by atoms with Crippen molar-refractivity contribution in [2.45, 2.75) is 0 Å². The first-order valence-electron chi connectivity index (χ1n) is 9.34. The molecule has 1 aliphatic rings. The van der Waals surface area contributed by atoms with Crippen LogP contribution in [0.1, 0.15) is 31.1 Å². The van der Waals surface area contributed by atoms with Crippen LogP contribution in [0.3, 0.4) is 0 Å². The predicted molar refractivity (Wildman–Crippen MR) is 109 cm³/mol. The number of imide groups is 1. The highest BCUT2D eigenvalue weighted by molar-refractivity contribution is 6.22. The molecule has 3 aromatic rings. The van der Waals surface area contributed by atoms with E-state index in [1.54, 1.807) is 24.3 Å². The number of carbonyl (C=O) groups excluding carboxylic acids is 4. The van der Waals surface area contributed by atoms with E-state index >= 15 is 0 Å². The molecule has 1 heterocycles. The Bertz CT molecular complexity index is 1100. The molecule has 0 spiro atoms. The summed E-state index contributed by atoms with van der Waals surface area (Å²) in [6, 6.07) is 23.1.